The molecule has 1 aromatic carbocycles. The van der Waals surface area contributed by atoms with Crippen molar-refractivity contribution >= 4 is 28.1 Å². The number of carbonyl (C=O) groups is 1. The van der Waals surface area contributed by atoms with Gasteiger partial charge in [0.05, 0.1) is 38.5 Å². The van der Waals surface area contributed by atoms with Gasteiger partial charge in [-0.1, -0.05) is 12.1 Å². The number of para-hydroxylation sites is 2. The molecule has 0 radical (unpaired) electrons. The van der Waals surface area contributed by atoms with E-state index in [4.69, 9.17) is 4.74 Å². The van der Waals surface area contributed by atoms with Crippen molar-refractivity contribution in [2.45, 2.75) is 6.92 Å². The number of thiazole rings is 1. The Balaban J connectivity index is 1.51. The highest BCUT2D eigenvalue weighted by Crippen LogP contribution is 2.27. The van der Waals surface area contributed by atoms with Crippen LogP contribution in [0, 0.1) is 0 Å². The number of aromatic nitrogens is 1. The fraction of sp³-hybridized carbons (Fsp3) is 0.412. The monoisotopic (exact) mass is 347 g/mol. The van der Waals surface area contributed by atoms with Gasteiger partial charge in [-0.2, -0.15) is 0 Å². The minimum atomic E-state index is 0.0307. The molecule has 0 atom stereocenters. The number of rotatable bonds is 6. The zero-order chi connectivity index (χ0) is 16.8. The molecule has 0 bridgehead atoms. The van der Waals surface area contributed by atoms with Crippen molar-refractivity contribution in [2.24, 2.45) is 0 Å². The molecular formula is C17H23N4O2S+. The molecule has 6 nitrogen and oxygen atoms in total. The molecule has 3 rings (SSSR count). The van der Waals surface area contributed by atoms with E-state index in [2.05, 4.69) is 21.3 Å². The summed E-state index contributed by atoms with van der Waals surface area (Å²) in [4.78, 5) is 19.8. The quantitative estimate of drug-likeness (QED) is 0.815. The van der Waals surface area contributed by atoms with E-state index >= 15 is 0 Å². The first kappa shape index (κ1) is 16.7. The van der Waals surface area contributed by atoms with Crippen molar-refractivity contribution < 1.29 is 14.4 Å². The molecule has 1 aliphatic rings. The van der Waals surface area contributed by atoms with Crippen molar-refractivity contribution in [1.29, 1.82) is 0 Å². The smallest absolute Gasteiger partial charge is 0.281 e. The third-order valence-corrected chi connectivity index (χ3v) is 4.75. The van der Waals surface area contributed by atoms with Gasteiger partial charge in [-0.05, 0) is 19.1 Å². The van der Waals surface area contributed by atoms with E-state index in [-0.39, 0.29) is 5.91 Å². The number of nitrogens with one attached hydrogen (secondary N) is 2. The Labute approximate surface area is 146 Å². The van der Waals surface area contributed by atoms with Crippen LogP contribution in [0.4, 0.5) is 10.8 Å². The van der Waals surface area contributed by atoms with E-state index < -0.39 is 0 Å². The van der Waals surface area contributed by atoms with E-state index in [9.17, 15) is 4.79 Å². The van der Waals surface area contributed by atoms with Crippen LogP contribution in [0.25, 0.3) is 0 Å². The lowest BCUT2D eigenvalue weighted by Crippen LogP contribution is -3.15. The average molecular weight is 347 g/mol. The van der Waals surface area contributed by atoms with Gasteiger partial charge in [0.15, 0.2) is 11.7 Å². The summed E-state index contributed by atoms with van der Waals surface area (Å²) in [5.41, 5.74) is 1.14. The van der Waals surface area contributed by atoms with E-state index in [1.54, 1.807) is 6.20 Å². The molecular weight excluding hydrogens is 324 g/mol. The first-order chi connectivity index (χ1) is 11.8. The predicted molar refractivity (Wildman–Crippen MR) is 96.1 cm³/mol. The highest BCUT2D eigenvalue weighted by atomic mass is 32.1. The van der Waals surface area contributed by atoms with E-state index in [1.165, 1.54) is 16.2 Å². The number of benzene rings is 1. The van der Waals surface area contributed by atoms with Gasteiger partial charge in [-0.3, -0.25) is 10.1 Å². The third-order valence-electron chi connectivity index (χ3n) is 4.07. The zero-order valence-electron chi connectivity index (χ0n) is 13.8. The molecule has 7 heteroatoms. The maximum absolute atomic E-state index is 12.1. The summed E-state index contributed by atoms with van der Waals surface area (Å²) in [6, 6.07) is 8.15. The second-order valence-corrected chi connectivity index (χ2v) is 6.59. The zero-order valence-corrected chi connectivity index (χ0v) is 14.6. The number of piperazine rings is 1. The maximum atomic E-state index is 12.1. The molecule has 2 aromatic rings. The van der Waals surface area contributed by atoms with E-state index in [1.807, 2.05) is 30.5 Å². The van der Waals surface area contributed by atoms with Crippen molar-refractivity contribution in [2.75, 3.05) is 49.5 Å². The lowest BCUT2D eigenvalue weighted by atomic mass is 10.2. The molecule has 1 saturated heterocycles. The van der Waals surface area contributed by atoms with E-state index in [0.29, 0.717) is 18.3 Å². The van der Waals surface area contributed by atoms with Crippen molar-refractivity contribution in [3.05, 3.63) is 35.8 Å². The van der Waals surface area contributed by atoms with Crippen LogP contribution in [0.15, 0.2) is 35.8 Å². The largest absolute Gasteiger partial charge is 0.492 e. The molecule has 128 valence electrons. The lowest BCUT2D eigenvalue weighted by Gasteiger charge is -2.34. The first-order valence-electron chi connectivity index (χ1n) is 8.26. The number of nitrogens with zero attached hydrogens (tertiary/aromatic N) is 2. The first-order valence-corrected chi connectivity index (χ1v) is 9.14. The Hall–Kier alpha value is -2.12. The van der Waals surface area contributed by atoms with Crippen molar-refractivity contribution in [3.8, 4) is 5.75 Å². The second kappa shape index (κ2) is 8.12. The van der Waals surface area contributed by atoms with Crippen LogP contribution in [0.2, 0.25) is 0 Å². The summed E-state index contributed by atoms with van der Waals surface area (Å²) in [7, 11) is 0. The number of quaternary nitrogens is 1. The highest BCUT2D eigenvalue weighted by molar-refractivity contribution is 7.13. The normalized spacial score (nSPS) is 15.3. The summed E-state index contributed by atoms with van der Waals surface area (Å²) in [6.07, 6.45) is 1.70. The number of ether oxygens (including phenoxy) is 1. The van der Waals surface area contributed by atoms with Gasteiger partial charge in [0.1, 0.15) is 5.75 Å². The van der Waals surface area contributed by atoms with Gasteiger partial charge in [-0.15, -0.1) is 11.3 Å². The van der Waals surface area contributed by atoms with Crippen LogP contribution in [0.3, 0.4) is 0 Å². The molecule has 24 heavy (non-hydrogen) atoms. The van der Waals surface area contributed by atoms with Gasteiger partial charge < -0.3 is 14.5 Å². The van der Waals surface area contributed by atoms with Crippen molar-refractivity contribution in [1.82, 2.24) is 4.98 Å². The molecule has 1 amide bonds. The van der Waals surface area contributed by atoms with Gasteiger partial charge >= 0.3 is 0 Å². The molecule has 1 fully saturated rings. The molecule has 0 saturated carbocycles. The van der Waals surface area contributed by atoms with Crippen LogP contribution in [-0.4, -0.2) is 50.2 Å². The second-order valence-electron chi connectivity index (χ2n) is 5.70. The Morgan fingerprint density at radius 2 is 2.17 bits per heavy atom. The third kappa shape index (κ3) is 4.24. The van der Waals surface area contributed by atoms with Crippen LogP contribution < -0.4 is 19.9 Å². The van der Waals surface area contributed by atoms with Crippen LogP contribution in [0.1, 0.15) is 6.92 Å². The summed E-state index contributed by atoms with van der Waals surface area (Å²) in [5.74, 6) is 0.966. The van der Waals surface area contributed by atoms with Gasteiger partial charge in [-0.25, -0.2) is 4.98 Å². The number of anilines is 2. The van der Waals surface area contributed by atoms with Gasteiger partial charge in [0, 0.05) is 11.6 Å². The molecule has 1 aromatic heterocycles. The number of amides is 1. The summed E-state index contributed by atoms with van der Waals surface area (Å²) in [6.45, 7) is 6.87. The summed E-state index contributed by atoms with van der Waals surface area (Å²) >= 11 is 1.44. The molecule has 0 aliphatic carbocycles. The van der Waals surface area contributed by atoms with Crippen LogP contribution in [0.5, 0.6) is 5.75 Å². The Bertz CT molecular complexity index is 654. The topological polar surface area (TPSA) is 58.9 Å². The molecule has 2 N–H and O–H groups in total. The number of hydrogen-bond donors (Lipinski definition) is 2. The van der Waals surface area contributed by atoms with Crippen molar-refractivity contribution in [3.63, 3.8) is 0 Å². The van der Waals surface area contributed by atoms with Crippen LogP contribution in [-0.2, 0) is 4.79 Å². The summed E-state index contributed by atoms with van der Waals surface area (Å²) < 4.78 is 5.72. The van der Waals surface area contributed by atoms with E-state index in [0.717, 1.165) is 37.6 Å². The Morgan fingerprint density at radius 3 is 2.88 bits per heavy atom. The molecule has 1 aliphatic heterocycles. The molecule has 0 unspecified atom stereocenters. The molecule has 2 heterocycles. The fourth-order valence-corrected chi connectivity index (χ4v) is 3.46. The Kier molecular flexibility index (Phi) is 5.66. The fourth-order valence-electron chi connectivity index (χ4n) is 2.91. The predicted octanol–water partition coefficient (Wildman–Crippen LogP) is 0.885. The lowest BCUT2D eigenvalue weighted by molar-refractivity contribution is -0.892. The summed E-state index contributed by atoms with van der Waals surface area (Å²) in [5, 5.41) is 5.38. The minimum absolute atomic E-state index is 0.0307. The molecule has 0 spiro atoms. The number of carbonyl (C=O) groups excluding carboxylic acids is 1. The van der Waals surface area contributed by atoms with Gasteiger partial charge in [0.2, 0.25) is 0 Å². The van der Waals surface area contributed by atoms with Gasteiger partial charge in [0.25, 0.3) is 5.91 Å². The van der Waals surface area contributed by atoms with Crippen LogP contribution >= 0.6 is 11.3 Å². The number of hydrogen-bond acceptors (Lipinski definition) is 5. The maximum Gasteiger partial charge on any atom is 0.281 e. The minimum Gasteiger partial charge on any atom is -0.492 e. The highest BCUT2D eigenvalue weighted by Gasteiger charge is 2.24. The standard InChI is InChI=1S/C17H22N4O2S/c1-2-23-15-6-4-3-5-14(15)21-10-8-20(9-11-21)13-16(22)19-17-18-7-12-24-17/h3-7,12H,2,8-11,13H2,1H3,(H,18,19,22)/p+1. The SMILES string of the molecule is CCOc1ccccc1N1CC[NH+](CC(=O)Nc2nccs2)CC1. The Morgan fingerprint density at radius 1 is 1.38 bits per heavy atom. The average Bonchev–Trinajstić information content (AvgIpc) is 3.09.